The molecule has 0 aliphatic rings. The number of nitrogens with one attached hydrogen (secondary N) is 1. The number of hydrogen-bond donors (Lipinski definition) is 3. The minimum Gasteiger partial charge on any atom is -0.426 e. The molecular weight excluding hydrogens is 524 g/mol. The number of alkyl halides is 2. The predicted octanol–water partition coefficient (Wildman–Crippen LogP) is 1.60. The highest BCUT2D eigenvalue weighted by Crippen LogP contribution is 2.27. The third kappa shape index (κ3) is 6.08. The first-order valence-corrected chi connectivity index (χ1v) is 11.5. The molecular formula is C21H16F4N6O5S. The molecule has 1 amide bonds. The number of carbonyl (C=O) groups excluding carboxylic acids is 1. The first kappa shape index (κ1) is 27.2. The molecule has 0 saturated carbocycles. The number of hydrogen-bond acceptors (Lipinski definition) is 8. The van der Waals surface area contributed by atoms with Gasteiger partial charge >= 0.3 is 5.92 Å². The number of halogens is 4. The molecule has 0 aliphatic heterocycles. The molecule has 3 aromatic heterocycles. The van der Waals surface area contributed by atoms with E-state index in [1.54, 1.807) is 0 Å². The van der Waals surface area contributed by atoms with Gasteiger partial charge in [0, 0.05) is 12.4 Å². The maximum Gasteiger partial charge on any atom is 0.308 e. The number of pyridine rings is 3. The van der Waals surface area contributed by atoms with Crippen molar-refractivity contribution in [3.8, 4) is 6.07 Å². The van der Waals surface area contributed by atoms with Crippen LogP contribution in [0.3, 0.4) is 0 Å². The standard InChI is InChI=1S/C21H16F4N6O5S/c22-13-4-3-7-27-15(13)10-29-20(32)18(37(34,35)36)17-12(9-26)8-14(23)19(31(17)33)30-11-21(24,25)16-5-1-2-6-28-16/h1-8,18,33H,10-11H2,(H,29,32)(H,34,35,36). The lowest BCUT2D eigenvalue weighted by Crippen LogP contribution is -2.39. The molecule has 16 heteroatoms. The van der Waals surface area contributed by atoms with Gasteiger partial charge in [-0.2, -0.15) is 27.2 Å². The number of rotatable bonds is 8. The van der Waals surface area contributed by atoms with Crippen molar-refractivity contribution in [1.82, 2.24) is 20.0 Å². The Hall–Kier alpha value is -4.36. The van der Waals surface area contributed by atoms with Gasteiger partial charge in [0.05, 0.1) is 17.8 Å². The zero-order chi connectivity index (χ0) is 27.4. The quantitative estimate of drug-likeness (QED) is 0.220. The third-order valence-electron chi connectivity index (χ3n) is 4.83. The Bertz CT molecular complexity index is 1540. The van der Waals surface area contributed by atoms with E-state index < -0.39 is 79.1 Å². The minimum absolute atomic E-state index is 0.325. The summed E-state index contributed by atoms with van der Waals surface area (Å²) in [7, 11) is -5.48. The zero-order valence-electron chi connectivity index (χ0n) is 18.4. The van der Waals surface area contributed by atoms with E-state index in [1.807, 2.05) is 5.32 Å². The molecule has 0 aromatic carbocycles. The average Bonchev–Trinajstić information content (AvgIpc) is 2.84. The van der Waals surface area contributed by atoms with Crippen LogP contribution >= 0.6 is 0 Å². The minimum atomic E-state index is -5.48. The molecule has 0 radical (unpaired) electrons. The molecule has 0 saturated heterocycles. The summed E-state index contributed by atoms with van der Waals surface area (Å²) in [5.41, 5.74) is -4.49. The maximum absolute atomic E-state index is 14.6. The number of aromatic nitrogens is 3. The second-order valence-corrected chi connectivity index (χ2v) is 8.82. The molecule has 3 rings (SSSR count). The van der Waals surface area contributed by atoms with E-state index >= 15 is 0 Å². The van der Waals surface area contributed by atoms with Gasteiger partial charge in [0.1, 0.15) is 29.8 Å². The summed E-state index contributed by atoms with van der Waals surface area (Å²) in [6, 6.07) is 7.52. The van der Waals surface area contributed by atoms with Crippen molar-refractivity contribution >= 4 is 16.0 Å². The van der Waals surface area contributed by atoms with Crippen molar-refractivity contribution in [2.24, 2.45) is 4.99 Å². The van der Waals surface area contributed by atoms with Crippen molar-refractivity contribution in [2.45, 2.75) is 17.7 Å². The summed E-state index contributed by atoms with van der Waals surface area (Å²) in [5, 5.41) is 19.0. The van der Waals surface area contributed by atoms with Crippen LogP contribution in [-0.4, -0.2) is 45.3 Å². The van der Waals surface area contributed by atoms with Gasteiger partial charge in [-0.05, 0) is 30.3 Å². The van der Waals surface area contributed by atoms with Gasteiger partial charge < -0.3 is 10.5 Å². The van der Waals surface area contributed by atoms with E-state index in [0.29, 0.717) is 6.07 Å². The van der Waals surface area contributed by atoms with Crippen LogP contribution in [-0.2, 0) is 27.4 Å². The van der Waals surface area contributed by atoms with Gasteiger partial charge in [0.2, 0.25) is 11.2 Å². The highest BCUT2D eigenvalue weighted by atomic mass is 32.2. The topological polar surface area (TPSA) is 171 Å². The van der Waals surface area contributed by atoms with E-state index in [9.17, 15) is 45.8 Å². The molecule has 1 atom stereocenters. The molecule has 3 heterocycles. The van der Waals surface area contributed by atoms with Crippen molar-refractivity contribution in [3.63, 3.8) is 0 Å². The van der Waals surface area contributed by atoms with E-state index in [2.05, 4.69) is 15.0 Å². The molecule has 3 N–H and O–H groups in total. The summed E-state index contributed by atoms with van der Waals surface area (Å²) in [6.45, 7) is -2.16. The number of nitrogens with zero attached hydrogens (tertiary/aromatic N) is 5. The van der Waals surface area contributed by atoms with Crippen LogP contribution in [0, 0.1) is 23.0 Å². The molecule has 11 nitrogen and oxygen atoms in total. The first-order valence-electron chi connectivity index (χ1n) is 10.0. The Morgan fingerprint density at radius 2 is 1.89 bits per heavy atom. The smallest absolute Gasteiger partial charge is 0.308 e. The second-order valence-electron chi connectivity index (χ2n) is 7.32. The Balaban J connectivity index is 2.08. The van der Waals surface area contributed by atoms with E-state index in [1.165, 1.54) is 30.5 Å². The van der Waals surface area contributed by atoms with Crippen LogP contribution in [0.5, 0.6) is 0 Å². The lowest BCUT2D eigenvalue weighted by Gasteiger charge is -2.19. The fraction of sp³-hybridized carbons (Fsp3) is 0.190. The van der Waals surface area contributed by atoms with Gasteiger partial charge in [-0.3, -0.25) is 24.3 Å². The third-order valence-corrected chi connectivity index (χ3v) is 5.86. The number of carbonyl (C=O) groups is 1. The van der Waals surface area contributed by atoms with E-state index in [-0.39, 0.29) is 5.69 Å². The van der Waals surface area contributed by atoms with Crippen LogP contribution < -0.4 is 10.8 Å². The van der Waals surface area contributed by atoms with Gasteiger partial charge in [0.25, 0.3) is 10.1 Å². The zero-order valence-corrected chi connectivity index (χ0v) is 19.2. The van der Waals surface area contributed by atoms with E-state index in [0.717, 1.165) is 18.3 Å². The van der Waals surface area contributed by atoms with Gasteiger partial charge in [-0.15, -0.1) is 0 Å². The Labute approximate surface area is 206 Å². The number of amides is 1. The second kappa shape index (κ2) is 10.7. The molecule has 0 bridgehead atoms. The summed E-state index contributed by atoms with van der Waals surface area (Å²) < 4.78 is 90.8. The van der Waals surface area contributed by atoms with Crippen LogP contribution in [0.15, 0.2) is 53.8 Å². The maximum atomic E-state index is 14.6. The van der Waals surface area contributed by atoms with Crippen LogP contribution in [0.2, 0.25) is 0 Å². The Kier molecular flexibility index (Phi) is 7.89. The van der Waals surface area contributed by atoms with Gasteiger partial charge in [0.15, 0.2) is 11.3 Å². The number of nitriles is 1. The largest absolute Gasteiger partial charge is 0.426 e. The monoisotopic (exact) mass is 540 g/mol. The van der Waals surface area contributed by atoms with Crippen LogP contribution in [0.1, 0.15) is 27.9 Å². The lowest BCUT2D eigenvalue weighted by atomic mass is 10.1. The fourth-order valence-electron chi connectivity index (χ4n) is 3.13. The van der Waals surface area contributed by atoms with Crippen molar-refractivity contribution in [3.05, 3.63) is 88.6 Å². The molecule has 0 fully saturated rings. The summed E-state index contributed by atoms with van der Waals surface area (Å²) in [5.74, 6) is -7.73. The van der Waals surface area contributed by atoms with Crippen LogP contribution in [0.25, 0.3) is 0 Å². The fourth-order valence-corrected chi connectivity index (χ4v) is 3.99. The summed E-state index contributed by atoms with van der Waals surface area (Å²) in [6.07, 6.45) is 2.25. The van der Waals surface area contributed by atoms with Crippen molar-refractivity contribution < 1.29 is 40.5 Å². The molecule has 0 aliphatic carbocycles. The molecule has 194 valence electrons. The van der Waals surface area contributed by atoms with Crippen molar-refractivity contribution in [2.75, 3.05) is 6.54 Å². The molecule has 37 heavy (non-hydrogen) atoms. The molecule has 3 aromatic rings. The lowest BCUT2D eigenvalue weighted by molar-refractivity contribution is -0.121. The SMILES string of the molecule is N#Cc1cc(F)c(=NCC(F)(F)c2ccccn2)n(O)c1C(C(=O)NCc1ncccc1F)S(=O)(=O)O. The highest BCUT2D eigenvalue weighted by molar-refractivity contribution is 7.86. The highest BCUT2D eigenvalue weighted by Gasteiger charge is 2.39. The van der Waals surface area contributed by atoms with Gasteiger partial charge in [-0.25, -0.2) is 8.78 Å². The first-order chi connectivity index (χ1) is 17.4. The Morgan fingerprint density at radius 3 is 2.49 bits per heavy atom. The summed E-state index contributed by atoms with van der Waals surface area (Å²) >= 11 is 0. The van der Waals surface area contributed by atoms with E-state index in [4.69, 9.17) is 0 Å². The Morgan fingerprint density at radius 1 is 1.19 bits per heavy atom. The predicted molar refractivity (Wildman–Crippen MR) is 115 cm³/mol. The molecule has 1 unspecified atom stereocenters. The van der Waals surface area contributed by atoms with Crippen molar-refractivity contribution in [1.29, 1.82) is 5.26 Å². The van der Waals surface area contributed by atoms with Gasteiger partial charge in [-0.1, -0.05) is 6.07 Å². The normalized spacial score (nSPS) is 13.1. The van der Waals surface area contributed by atoms with Crippen LogP contribution in [0.4, 0.5) is 17.6 Å². The average molecular weight is 540 g/mol. The summed E-state index contributed by atoms with van der Waals surface area (Å²) in [4.78, 5) is 23.1. The molecule has 0 spiro atoms.